The fourth-order valence-corrected chi connectivity index (χ4v) is 3.36. The zero-order chi connectivity index (χ0) is 13.8. The first kappa shape index (κ1) is 15.5. The number of rotatable bonds is 6. The van der Waals surface area contributed by atoms with Gasteiger partial charge in [-0.25, -0.2) is 13.1 Å². The van der Waals surface area contributed by atoms with Gasteiger partial charge in [0.05, 0.1) is 4.90 Å². The average Bonchev–Trinajstić information content (AvgIpc) is 2.35. The van der Waals surface area contributed by atoms with Crippen LogP contribution in [0.2, 0.25) is 0 Å². The van der Waals surface area contributed by atoms with Crippen molar-refractivity contribution in [3.05, 3.63) is 29.8 Å². The van der Waals surface area contributed by atoms with E-state index >= 15 is 0 Å². The smallest absolute Gasteiger partial charge is 0.207 e. The Bertz CT molecular complexity index is 470. The van der Waals surface area contributed by atoms with Gasteiger partial charge in [0, 0.05) is 11.4 Å². The van der Waals surface area contributed by atoms with E-state index in [4.69, 9.17) is 11.6 Å². The van der Waals surface area contributed by atoms with Crippen LogP contribution in [-0.2, 0) is 10.0 Å². The number of benzene rings is 1. The van der Waals surface area contributed by atoms with Crippen LogP contribution in [0.3, 0.4) is 0 Å². The Hall–Kier alpha value is -0.580. The van der Waals surface area contributed by atoms with Gasteiger partial charge < -0.3 is 0 Å². The molecule has 0 aromatic heterocycles. The van der Waals surface area contributed by atoms with Gasteiger partial charge in [-0.2, -0.15) is 0 Å². The molecule has 3 nitrogen and oxygen atoms in total. The van der Waals surface area contributed by atoms with Crippen LogP contribution in [0.15, 0.2) is 29.2 Å². The van der Waals surface area contributed by atoms with Gasteiger partial charge in [0.2, 0.25) is 10.0 Å². The molecule has 1 N–H and O–H groups in total. The monoisotopic (exact) mass is 289 g/mol. The molecule has 0 spiro atoms. The van der Waals surface area contributed by atoms with Crippen molar-refractivity contribution in [3.63, 3.8) is 0 Å². The summed E-state index contributed by atoms with van der Waals surface area (Å²) in [6.07, 6.45) is 1.41. The first-order chi connectivity index (χ1) is 8.40. The van der Waals surface area contributed by atoms with Crippen LogP contribution < -0.4 is 4.72 Å². The highest BCUT2D eigenvalue weighted by atomic mass is 35.5. The lowest BCUT2D eigenvalue weighted by molar-refractivity contribution is 0.517. The predicted octanol–water partition coefficient (Wildman–Crippen LogP) is 3.07. The number of aryl methyl sites for hydroxylation is 1. The molecule has 0 fully saturated rings. The van der Waals surface area contributed by atoms with Crippen molar-refractivity contribution in [2.24, 2.45) is 0 Å². The molecule has 0 saturated carbocycles. The Kier molecular flexibility index (Phi) is 5.63. The van der Waals surface area contributed by atoms with Crippen LogP contribution in [0.1, 0.15) is 32.3 Å². The molecular formula is C13H20ClNO2S. The van der Waals surface area contributed by atoms with E-state index in [1.807, 2.05) is 20.8 Å². The van der Waals surface area contributed by atoms with Gasteiger partial charge in [-0.15, -0.1) is 11.6 Å². The van der Waals surface area contributed by atoms with E-state index in [0.717, 1.165) is 12.0 Å². The maximum Gasteiger partial charge on any atom is 0.240 e. The summed E-state index contributed by atoms with van der Waals surface area (Å²) >= 11 is 6.12. The topological polar surface area (TPSA) is 46.2 Å². The van der Waals surface area contributed by atoms with Crippen LogP contribution >= 0.6 is 11.6 Å². The van der Waals surface area contributed by atoms with Gasteiger partial charge in [-0.3, -0.25) is 0 Å². The zero-order valence-electron chi connectivity index (χ0n) is 11.0. The number of halogens is 1. The molecule has 2 atom stereocenters. The van der Waals surface area contributed by atoms with E-state index in [-0.39, 0.29) is 16.3 Å². The molecule has 2 unspecified atom stereocenters. The molecule has 0 aliphatic carbocycles. The molecule has 102 valence electrons. The summed E-state index contributed by atoms with van der Waals surface area (Å²) in [7, 11) is -3.48. The van der Waals surface area contributed by atoms with Crippen LogP contribution in [-0.4, -0.2) is 19.8 Å². The number of alkyl halides is 1. The van der Waals surface area contributed by atoms with Crippen molar-refractivity contribution in [2.45, 2.75) is 49.9 Å². The minimum Gasteiger partial charge on any atom is -0.207 e. The second-order valence-electron chi connectivity index (χ2n) is 4.37. The normalized spacial score (nSPS) is 15.3. The Morgan fingerprint density at radius 1 is 1.17 bits per heavy atom. The standard InChI is InChI=1S/C13H20ClNO2S/c1-4-12(14)13(5-2)15-18(16,17)11-8-6-10(3)7-9-11/h6-9,12-13,15H,4-5H2,1-3H3. The van der Waals surface area contributed by atoms with E-state index in [9.17, 15) is 8.42 Å². The second-order valence-corrected chi connectivity index (χ2v) is 6.65. The molecule has 0 amide bonds. The van der Waals surface area contributed by atoms with Crippen molar-refractivity contribution < 1.29 is 8.42 Å². The molecule has 0 aliphatic heterocycles. The highest BCUT2D eigenvalue weighted by Gasteiger charge is 2.23. The molecule has 5 heteroatoms. The fourth-order valence-electron chi connectivity index (χ4n) is 1.68. The molecule has 1 rings (SSSR count). The largest absolute Gasteiger partial charge is 0.240 e. The average molecular weight is 290 g/mol. The van der Waals surface area contributed by atoms with E-state index in [1.165, 1.54) is 0 Å². The van der Waals surface area contributed by atoms with Crippen LogP contribution in [0, 0.1) is 6.92 Å². The maximum atomic E-state index is 12.2. The lowest BCUT2D eigenvalue weighted by Crippen LogP contribution is -2.40. The molecule has 0 aliphatic rings. The third-order valence-electron chi connectivity index (χ3n) is 2.90. The molecule has 0 saturated heterocycles. The third kappa shape index (κ3) is 3.97. The van der Waals surface area contributed by atoms with Gasteiger partial charge in [0.25, 0.3) is 0 Å². The Morgan fingerprint density at radius 2 is 1.72 bits per heavy atom. The van der Waals surface area contributed by atoms with Crippen LogP contribution in [0.25, 0.3) is 0 Å². The Labute approximate surface area is 115 Å². The summed E-state index contributed by atoms with van der Waals surface area (Å²) in [5.41, 5.74) is 1.03. The maximum absolute atomic E-state index is 12.2. The summed E-state index contributed by atoms with van der Waals surface area (Å²) in [6.45, 7) is 5.79. The van der Waals surface area contributed by atoms with Crippen LogP contribution in [0.5, 0.6) is 0 Å². The van der Waals surface area contributed by atoms with Crippen molar-refractivity contribution in [3.8, 4) is 0 Å². The fraction of sp³-hybridized carbons (Fsp3) is 0.538. The van der Waals surface area contributed by atoms with E-state index < -0.39 is 10.0 Å². The first-order valence-electron chi connectivity index (χ1n) is 6.13. The summed E-state index contributed by atoms with van der Waals surface area (Å²) < 4.78 is 27.0. The summed E-state index contributed by atoms with van der Waals surface area (Å²) in [6, 6.07) is 6.56. The lowest BCUT2D eigenvalue weighted by Gasteiger charge is -2.21. The summed E-state index contributed by atoms with van der Waals surface area (Å²) in [5, 5.41) is -0.185. The third-order valence-corrected chi connectivity index (χ3v) is 5.02. The van der Waals surface area contributed by atoms with Crippen molar-refractivity contribution >= 4 is 21.6 Å². The highest BCUT2D eigenvalue weighted by Crippen LogP contribution is 2.15. The van der Waals surface area contributed by atoms with Gasteiger partial charge in [-0.1, -0.05) is 31.5 Å². The van der Waals surface area contributed by atoms with Gasteiger partial charge >= 0.3 is 0 Å². The van der Waals surface area contributed by atoms with Gasteiger partial charge in [-0.05, 0) is 31.9 Å². The van der Waals surface area contributed by atoms with E-state index in [0.29, 0.717) is 6.42 Å². The number of hydrogen-bond donors (Lipinski definition) is 1. The Morgan fingerprint density at radius 3 is 2.17 bits per heavy atom. The van der Waals surface area contributed by atoms with Crippen LogP contribution in [0.4, 0.5) is 0 Å². The molecule has 1 aromatic rings. The minimum atomic E-state index is -3.48. The summed E-state index contributed by atoms with van der Waals surface area (Å²) in [5.74, 6) is 0. The first-order valence-corrected chi connectivity index (χ1v) is 8.05. The number of nitrogens with one attached hydrogen (secondary N) is 1. The quantitative estimate of drug-likeness (QED) is 0.818. The van der Waals surface area contributed by atoms with Crippen molar-refractivity contribution in [1.29, 1.82) is 0 Å². The van der Waals surface area contributed by atoms with E-state index in [1.54, 1.807) is 24.3 Å². The van der Waals surface area contributed by atoms with Gasteiger partial charge in [0.15, 0.2) is 0 Å². The molecule has 18 heavy (non-hydrogen) atoms. The van der Waals surface area contributed by atoms with Crippen molar-refractivity contribution in [2.75, 3.05) is 0 Å². The predicted molar refractivity (Wildman–Crippen MR) is 75.5 cm³/mol. The minimum absolute atomic E-state index is 0.185. The summed E-state index contributed by atoms with van der Waals surface area (Å²) in [4.78, 5) is 0.284. The molecule has 0 heterocycles. The van der Waals surface area contributed by atoms with E-state index in [2.05, 4.69) is 4.72 Å². The highest BCUT2D eigenvalue weighted by molar-refractivity contribution is 7.89. The molecular weight excluding hydrogens is 270 g/mol. The lowest BCUT2D eigenvalue weighted by atomic mass is 10.1. The second kappa shape index (κ2) is 6.55. The number of sulfonamides is 1. The number of hydrogen-bond acceptors (Lipinski definition) is 2. The SMILES string of the molecule is CCC(Cl)C(CC)NS(=O)(=O)c1ccc(C)cc1. The molecule has 0 bridgehead atoms. The Balaban J connectivity index is 2.90. The zero-order valence-corrected chi connectivity index (χ0v) is 12.6. The molecule has 1 aromatic carbocycles. The van der Waals surface area contributed by atoms with Gasteiger partial charge in [0.1, 0.15) is 0 Å². The van der Waals surface area contributed by atoms with Crippen molar-refractivity contribution in [1.82, 2.24) is 4.72 Å². The molecule has 0 radical (unpaired) electrons.